The summed E-state index contributed by atoms with van der Waals surface area (Å²) in [5, 5.41) is 2.50. The highest BCUT2D eigenvalue weighted by Gasteiger charge is 2.15. The van der Waals surface area contributed by atoms with Crippen LogP contribution in [0.15, 0.2) is 0 Å². The van der Waals surface area contributed by atoms with E-state index < -0.39 is 5.60 Å². The van der Waals surface area contributed by atoms with Crippen molar-refractivity contribution in [3.05, 3.63) is 0 Å². The molecule has 0 aromatic heterocycles. The van der Waals surface area contributed by atoms with Crippen molar-refractivity contribution < 1.29 is 14.3 Å². The maximum absolute atomic E-state index is 11.2. The van der Waals surface area contributed by atoms with Gasteiger partial charge in [0.2, 0.25) is 5.91 Å². The van der Waals surface area contributed by atoms with Crippen LogP contribution in [0, 0.1) is 0 Å². The molecule has 0 rings (SSSR count). The standard InChI is InChI=1S/C10H19NO3/c1-10(2,3)14-9(13)7-5-6-8(12)11-4/h5-7H2,1-4H3,(H,11,12). The average Bonchev–Trinajstić information content (AvgIpc) is 2.00. The van der Waals surface area contributed by atoms with Crippen molar-refractivity contribution in [1.29, 1.82) is 0 Å². The van der Waals surface area contributed by atoms with E-state index in [1.165, 1.54) is 0 Å². The summed E-state index contributed by atoms with van der Waals surface area (Å²) in [7, 11) is 1.58. The Balaban J connectivity index is 3.60. The number of esters is 1. The van der Waals surface area contributed by atoms with Gasteiger partial charge in [0.25, 0.3) is 0 Å². The summed E-state index contributed by atoms with van der Waals surface area (Å²) in [6.45, 7) is 5.47. The molecule has 0 bridgehead atoms. The number of carbonyl (C=O) groups excluding carboxylic acids is 2. The third kappa shape index (κ3) is 7.58. The van der Waals surface area contributed by atoms with Gasteiger partial charge in [-0.05, 0) is 27.2 Å². The van der Waals surface area contributed by atoms with E-state index in [2.05, 4.69) is 5.32 Å². The van der Waals surface area contributed by atoms with Crippen LogP contribution in [0.1, 0.15) is 40.0 Å². The van der Waals surface area contributed by atoms with Gasteiger partial charge < -0.3 is 10.1 Å². The highest BCUT2D eigenvalue weighted by Crippen LogP contribution is 2.09. The summed E-state index contributed by atoms with van der Waals surface area (Å²) >= 11 is 0. The zero-order chi connectivity index (χ0) is 11.2. The van der Waals surface area contributed by atoms with Crippen molar-refractivity contribution in [3.8, 4) is 0 Å². The number of rotatable bonds is 4. The molecule has 0 aliphatic heterocycles. The smallest absolute Gasteiger partial charge is 0.306 e. The highest BCUT2D eigenvalue weighted by atomic mass is 16.6. The second-order valence-electron chi connectivity index (χ2n) is 4.11. The van der Waals surface area contributed by atoms with Crippen molar-refractivity contribution in [2.75, 3.05) is 7.05 Å². The molecular weight excluding hydrogens is 182 g/mol. The molecular formula is C10H19NO3. The highest BCUT2D eigenvalue weighted by molar-refractivity contribution is 5.76. The fraction of sp³-hybridized carbons (Fsp3) is 0.800. The third-order valence-electron chi connectivity index (χ3n) is 1.48. The number of hydrogen-bond donors (Lipinski definition) is 1. The molecule has 4 nitrogen and oxygen atoms in total. The number of amides is 1. The van der Waals surface area contributed by atoms with E-state index in [1.54, 1.807) is 7.05 Å². The van der Waals surface area contributed by atoms with Gasteiger partial charge in [-0.1, -0.05) is 0 Å². The van der Waals surface area contributed by atoms with Crippen LogP contribution in [-0.4, -0.2) is 24.5 Å². The molecule has 0 aromatic carbocycles. The molecule has 0 aliphatic carbocycles. The number of ether oxygens (including phenoxy) is 1. The maximum Gasteiger partial charge on any atom is 0.306 e. The van der Waals surface area contributed by atoms with E-state index in [-0.39, 0.29) is 11.9 Å². The second kappa shape index (κ2) is 5.62. The van der Waals surface area contributed by atoms with Gasteiger partial charge in [0.1, 0.15) is 5.60 Å². The topological polar surface area (TPSA) is 55.4 Å². The monoisotopic (exact) mass is 201 g/mol. The summed E-state index contributed by atoms with van der Waals surface area (Å²) < 4.78 is 5.08. The lowest BCUT2D eigenvalue weighted by atomic mass is 10.2. The molecule has 0 saturated carbocycles. The van der Waals surface area contributed by atoms with E-state index in [0.29, 0.717) is 19.3 Å². The van der Waals surface area contributed by atoms with Crippen molar-refractivity contribution >= 4 is 11.9 Å². The Labute approximate surface area is 85.0 Å². The van der Waals surface area contributed by atoms with Gasteiger partial charge in [-0.3, -0.25) is 9.59 Å². The fourth-order valence-electron chi connectivity index (χ4n) is 0.911. The molecule has 1 amide bonds. The van der Waals surface area contributed by atoms with Crippen LogP contribution in [0.25, 0.3) is 0 Å². The maximum atomic E-state index is 11.2. The summed E-state index contributed by atoms with van der Waals surface area (Å²) in [5.74, 6) is -0.296. The first kappa shape index (κ1) is 12.9. The molecule has 0 aliphatic rings. The van der Waals surface area contributed by atoms with E-state index in [4.69, 9.17) is 4.74 Å². The van der Waals surface area contributed by atoms with Crippen LogP contribution in [0.3, 0.4) is 0 Å². The Morgan fingerprint density at radius 1 is 1.21 bits per heavy atom. The van der Waals surface area contributed by atoms with Crippen molar-refractivity contribution in [2.24, 2.45) is 0 Å². The first-order chi connectivity index (χ1) is 6.35. The fourth-order valence-corrected chi connectivity index (χ4v) is 0.911. The summed E-state index contributed by atoms with van der Waals surface area (Å²) in [6, 6.07) is 0. The van der Waals surface area contributed by atoms with Crippen molar-refractivity contribution in [1.82, 2.24) is 5.32 Å². The molecule has 0 spiro atoms. The van der Waals surface area contributed by atoms with Gasteiger partial charge >= 0.3 is 5.97 Å². The number of nitrogens with one attached hydrogen (secondary N) is 1. The van der Waals surface area contributed by atoms with Crippen LogP contribution in [0.4, 0.5) is 0 Å². The van der Waals surface area contributed by atoms with Gasteiger partial charge in [0.05, 0.1) is 0 Å². The van der Waals surface area contributed by atoms with Gasteiger partial charge in [0, 0.05) is 19.9 Å². The first-order valence-corrected chi connectivity index (χ1v) is 4.77. The Hall–Kier alpha value is -1.06. The van der Waals surface area contributed by atoms with Crippen LogP contribution < -0.4 is 5.32 Å². The summed E-state index contributed by atoms with van der Waals surface area (Å²) in [5.41, 5.74) is -0.440. The van der Waals surface area contributed by atoms with Gasteiger partial charge in [-0.15, -0.1) is 0 Å². The van der Waals surface area contributed by atoms with Gasteiger partial charge in [-0.25, -0.2) is 0 Å². The first-order valence-electron chi connectivity index (χ1n) is 4.77. The molecule has 1 N–H and O–H groups in total. The minimum atomic E-state index is -0.440. The normalized spacial score (nSPS) is 10.9. The molecule has 82 valence electrons. The zero-order valence-corrected chi connectivity index (χ0v) is 9.35. The van der Waals surface area contributed by atoms with Gasteiger partial charge in [0.15, 0.2) is 0 Å². The van der Waals surface area contributed by atoms with Crippen LogP contribution in [0.2, 0.25) is 0 Å². The van der Waals surface area contributed by atoms with E-state index in [1.807, 2.05) is 20.8 Å². The lowest BCUT2D eigenvalue weighted by Gasteiger charge is -2.19. The predicted octanol–water partition coefficient (Wildman–Crippen LogP) is 1.24. The predicted molar refractivity (Wildman–Crippen MR) is 53.8 cm³/mol. The van der Waals surface area contributed by atoms with Crippen LogP contribution >= 0.6 is 0 Å². The molecule has 4 heteroatoms. The molecule has 0 atom stereocenters. The molecule has 0 fully saturated rings. The average molecular weight is 201 g/mol. The Morgan fingerprint density at radius 3 is 2.21 bits per heavy atom. The Bertz CT molecular complexity index is 206. The number of hydrogen-bond acceptors (Lipinski definition) is 3. The zero-order valence-electron chi connectivity index (χ0n) is 9.35. The third-order valence-corrected chi connectivity index (χ3v) is 1.48. The minimum absolute atomic E-state index is 0.0476. The van der Waals surface area contributed by atoms with Crippen LogP contribution in [-0.2, 0) is 14.3 Å². The molecule has 0 saturated heterocycles. The molecule has 0 unspecified atom stereocenters. The van der Waals surface area contributed by atoms with E-state index in [9.17, 15) is 9.59 Å². The lowest BCUT2D eigenvalue weighted by molar-refractivity contribution is -0.154. The van der Waals surface area contributed by atoms with Crippen molar-refractivity contribution in [2.45, 2.75) is 45.6 Å². The Morgan fingerprint density at radius 2 is 1.79 bits per heavy atom. The van der Waals surface area contributed by atoms with E-state index in [0.717, 1.165) is 0 Å². The molecule has 0 radical (unpaired) electrons. The van der Waals surface area contributed by atoms with Crippen LogP contribution in [0.5, 0.6) is 0 Å². The van der Waals surface area contributed by atoms with E-state index >= 15 is 0 Å². The summed E-state index contributed by atoms with van der Waals surface area (Å²) in [6.07, 6.45) is 1.20. The molecule has 0 aromatic rings. The molecule has 14 heavy (non-hydrogen) atoms. The minimum Gasteiger partial charge on any atom is -0.460 e. The summed E-state index contributed by atoms with van der Waals surface area (Å²) in [4.78, 5) is 22.0. The lowest BCUT2D eigenvalue weighted by Crippen LogP contribution is -2.24. The largest absolute Gasteiger partial charge is 0.460 e. The SMILES string of the molecule is CNC(=O)CCCC(=O)OC(C)(C)C. The second-order valence-corrected chi connectivity index (χ2v) is 4.11. The Kier molecular flexibility index (Phi) is 5.20. The van der Waals surface area contributed by atoms with Crippen molar-refractivity contribution in [3.63, 3.8) is 0 Å². The molecule has 0 heterocycles. The number of carbonyl (C=O) groups is 2. The quantitative estimate of drug-likeness (QED) is 0.696. The van der Waals surface area contributed by atoms with Gasteiger partial charge in [-0.2, -0.15) is 0 Å².